The fourth-order valence-electron chi connectivity index (χ4n) is 5.65. The first-order chi connectivity index (χ1) is 19.2. The summed E-state index contributed by atoms with van der Waals surface area (Å²) in [7, 11) is 0. The van der Waals surface area contributed by atoms with Crippen molar-refractivity contribution in [2.75, 3.05) is 31.2 Å². The molecule has 2 heterocycles. The number of likely N-dealkylation sites (tertiary alicyclic amines) is 1. The predicted molar refractivity (Wildman–Crippen MR) is 154 cm³/mol. The molecule has 6 heteroatoms. The summed E-state index contributed by atoms with van der Waals surface area (Å²) in [6.07, 6.45) is 6.11. The molecule has 0 saturated carbocycles. The van der Waals surface area contributed by atoms with Gasteiger partial charge in [0.1, 0.15) is 6.33 Å². The molecule has 4 aromatic rings. The Morgan fingerprint density at radius 3 is 2.31 bits per heavy atom. The highest BCUT2D eigenvalue weighted by Gasteiger charge is 2.31. The summed E-state index contributed by atoms with van der Waals surface area (Å²) >= 11 is 0. The molecule has 1 amide bonds. The molecule has 0 N–H and O–H groups in total. The van der Waals surface area contributed by atoms with Gasteiger partial charge in [-0.2, -0.15) is 5.26 Å². The van der Waals surface area contributed by atoms with Gasteiger partial charge in [-0.1, -0.05) is 72.8 Å². The van der Waals surface area contributed by atoms with E-state index in [-0.39, 0.29) is 17.7 Å². The van der Waals surface area contributed by atoms with Crippen LogP contribution in [0.1, 0.15) is 53.6 Å². The monoisotopic (exact) mass is 517 g/mol. The molecule has 6 nitrogen and oxygen atoms in total. The van der Waals surface area contributed by atoms with E-state index in [2.05, 4.69) is 76.6 Å². The number of carbonyl (C=O) groups excluding carboxylic acids is 1. The maximum absolute atomic E-state index is 13.9. The highest BCUT2D eigenvalue weighted by atomic mass is 16.2. The van der Waals surface area contributed by atoms with Crippen molar-refractivity contribution in [3.63, 3.8) is 0 Å². The first kappa shape index (κ1) is 26.4. The van der Waals surface area contributed by atoms with Crippen molar-refractivity contribution in [1.29, 1.82) is 5.26 Å². The number of imidazole rings is 1. The van der Waals surface area contributed by atoms with E-state index in [0.717, 1.165) is 43.7 Å². The van der Waals surface area contributed by atoms with Crippen molar-refractivity contribution in [3.05, 3.63) is 125 Å². The summed E-state index contributed by atoms with van der Waals surface area (Å²) in [5.74, 6) is 0.351. The van der Waals surface area contributed by atoms with Gasteiger partial charge < -0.3 is 4.90 Å². The zero-order valence-corrected chi connectivity index (χ0v) is 22.5. The minimum atomic E-state index is -0.0592. The number of hydrogen-bond donors (Lipinski definition) is 0. The smallest absolute Gasteiger partial charge is 0.245 e. The van der Waals surface area contributed by atoms with Crippen LogP contribution in [0.3, 0.4) is 0 Å². The van der Waals surface area contributed by atoms with Gasteiger partial charge in [-0.25, -0.2) is 14.7 Å². The highest BCUT2D eigenvalue weighted by molar-refractivity contribution is 5.88. The average Bonchev–Trinajstić information content (AvgIpc) is 3.45. The van der Waals surface area contributed by atoms with Gasteiger partial charge in [0, 0.05) is 32.0 Å². The van der Waals surface area contributed by atoms with Crippen LogP contribution in [0.25, 0.3) is 0 Å². The van der Waals surface area contributed by atoms with Gasteiger partial charge in [0.25, 0.3) is 0 Å². The molecular formula is C33H35N5O. The van der Waals surface area contributed by atoms with Crippen LogP contribution < -0.4 is 5.01 Å². The van der Waals surface area contributed by atoms with Crippen LogP contribution in [-0.4, -0.2) is 46.6 Å². The number of nitrogens with zero attached hydrogens (tertiary/aromatic N) is 5. The van der Waals surface area contributed by atoms with E-state index in [4.69, 9.17) is 5.26 Å². The maximum Gasteiger partial charge on any atom is 0.245 e. The number of benzene rings is 3. The fourth-order valence-corrected chi connectivity index (χ4v) is 5.65. The number of carbonyl (C=O) groups is 1. The van der Waals surface area contributed by atoms with Crippen LogP contribution >= 0.6 is 0 Å². The maximum atomic E-state index is 13.9. The van der Waals surface area contributed by atoms with Crippen LogP contribution in [0.15, 0.2) is 97.5 Å². The van der Waals surface area contributed by atoms with Gasteiger partial charge in [-0.15, -0.1) is 0 Å². The Bertz CT molecular complexity index is 1350. The van der Waals surface area contributed by atoms with Gasteiger partial charge in [0.15, 0.2) is 0 Å². The van der Waals surface area contributed by atoms with Crippen molar-refractivity contribution in [2.24, 2.45) is 5.92 Å². The Hall–Kier alpha value is -4.21. The molecule has 3 aromatic carbocycles. The molecule has 1 fully saturated rings. The van der Waals surface area contributed by atoms with Crippen LogP contribution in [0.2, 0.25) is 0 Å². The molecule has 1 saturated heterocycles. The Kier molecular flexibility index (Phi) is 8.50. The Morgan fingerprint density at radius 1 is 1.03 bits per heavy atom. The van der Waals surface area contributed by atoms with E-state index < -0.39 is 0 Å². The van der Waals surface area contributed by atoms with E-state index in [1.165, 1.54) is 11.1 Å². The van der Waals surface area contributed by atoms with Crippen LogP contribution in [0.4, 0.5) is 0 Å². The van der Waals surface area contributed by atoms with Crippen LogP contribution in [-0.2, 0) is 11.2 Å². The van der Waals surface area contributed by atoms with E-state index in [0.29, 0.717) is 18.5 Å². The van der Waals surface area contributed by atoms with E-state index in [1.807, 2.05) is 47.1 Å². The number of rotatable bonds is 9. The zero-order chi connectivity index (χ0) is 27.0. The molecule has 0 spiro atoms. The van der Waals surface area contributed by atoms with Crippen molar-refractivity contribution in [3.8, 4) is 6.07 Å². The van der Waals surface area contributed by atoms with E-state index in [1.54, 1.807) is 6.33 Å². The average molecular weight is 518 g/mol. The van der Waals surface area contributed by atoms with Crippen molar-refractivity contribution in [1.82, 2.24) is 14.6 Å². The summed E-state index contributed by atoms with van der Waals surface area (Å²) in [6, 6.07) is 31.1. The summed E-state index contributed by atoms with van der Waals surface area (Å²) in [6.45, 7) is 5.23. The normalized spacial score (nSPS) is 15.7. The molecule has 198 valence electrons. The zero-order valence-electron chi connectivity index (χ0n) is 22.5. The second-order valence-corrected chi connectivity index (χ2v) is 10.2. The van der Waals surface area contributed by atoms with E-state index in [9.17, 15) is 4.79 Å². The number of nitriles is 1. The van der Waals surface area contributed by atoms with Crippen molar-refractivity contribution >= 4 is 5.91 Å². The number of piperidine rings is 1. The van der Waals surface area contributed by atoms with Gasteiger partial charge in [-0.3, -0.25) is 4.79 Å². The molecule has 39 heavy (non-hydrogen) atoms. The fraction of sp³-hybridized carbons (Fsp3) is 0.303. The first-order valence-corrected chi connectivity index (χ1v) is 13.8. The lowest BCUT2D eigenvalue weighted by Gasteiger charge is -2.37. The van der Waals surface area contributed by atoms with Crippen LogP contribution in [0.5, 0.6) is 0 Å². The molecule has 0 aliphatic carbocycles. The minimum Gasteiger partial charge on any atom is -0.302 e. The molecule has 1 aliphatic rings. The van der Waals surface area contributed by atoms with Crippen molar-refractivity contribution in [2.45, 2.75) is 32.1 Å². The second-order valence-electron chi connectivity index (χ2n) is 10.2. The lowest BCUT2D eigenvalue weighted by atomic mass is 9.89. The third-order valence-corrected chi connectivity index (χ3v) is 7.68. The standard InChI is InChI=1S/C33H35N5O/c1-2-37(38-25-35-22-31(38)20-26-15-17-27(21-34)18-16-26)33(39)30-14-9-19-36(23-30)24-32(28-10-5-3-6-11-28)29-12-7-4-8-13-29/h3-8,10-13,15-18,22,25,30,32H,2,9,14,19-20,23-24H2,1H3. The summed E-state index contributed by atoms with van der Waals surface area (Å²) in [4.78, 5) is 20.7. The quantitative estimate of drug-likeness (QED) is 0.299. The molecule has 5 rings (SSSR count). The molecule has 1 aliphatic heterocycles. The van der Waals surface area contributed by atoms with Crippen molar-refractivity contribution < 1.29 is 4.79 Å². The molecule has 1 atom stereocenters. The number of amides is 1. The molecular weight excluding hydrogens is 482 g/mol. The molecule has 1 aromatic heterocycles. The molecule has 0 radical (unpaired) electrons. The van der Waals surface area contributed by atoms with Gasteiger partial charge >= 0.3 is 0 Å². The highest BCUT2D eigenvalue weighted by Crippen LogP contribution is 2.28. The third kappa shape index (κ3) is 6.27. The first-order valence-electron chi connectivity index (χ1n) is 13.8. The molecule has 1 unspecified atom stereocenters. The van der Waals surface area contributed by atoms with E-state index >= 15 is 0 Å². The van der Waals surface area contributed by atoms with Gasteiger partial charge in [-0.05, 0) is 55.1 Å². The topological polar surface area (TPSA) is 65.2 Å². The SMILES string of the molecule is CCN(C(=O)C1CCCN(CC(c2ccccc2)c2ccccc2)C1)n1cncc1Cc1ccc(C#N)cc1. The lowest BCUT2D eigenvalue weighted by Crippen LogP contribution is -2.49. The minimum absolute atomic E-state index is 0.0592. The summed E-state index contributed by atoms with van der Waals surface area (Å²) < 4.78 is 1.91. The second kappa shape index (κ2) is 12.6. The van der Waals surface area contributed by atoms with Crippen LogP contribution in [0, 0.1) is 17.2 Å². The Labute approximate surface area is 231 Å². The summed E-state index contributed by atoms with van der Waals surface area (Å²) in [5, 5.41) is 10.9. The lowest BCUT2D eigenvalue weighted by molar-refractivity contribution is -0.125. The Balaban J connectivity index is 1.30. The number of aromatic nitrogens is 2. The number of hydrogen-bond acceptors (Lipinski definition) is 4. The van der Waals surface area contributed by atoms with Gasteiger partial charge in [0.2, 0.25) is 5.91 Å². The molecule has 0 bridgehead atoms. The summed E-state index contributed by atoms with van der Waals surface area (Å²) in [5.41, 5.74) is 5.28. The third-order valence-electron chi connectivity index (χ3n) is 7.68. The predicted octanol–water partition coefficient (Wildman–Crippen LogP) is 5.37. The largest absolute Gasteiger partial charge is 0.302 e. The van der Waals surface area contributed by atoms with Gasteiger partial charge in [0.05, 0.1) is 29.4 Å². The Morgan fingerprint density at radius 2 is 1.69 bits per heavy atom.